The van der Waals surface area contributed by atoms with Gasteiger partial charge in [0.2, 0.25) is 0 Å². The smallest absolute Gasteiger partial charge is 0.200 e. The highest BCUT2D eigenvalue weighted by atomic mass is 35.6. The Hall–Kier alpha value is 0.540. The first kappa shape index (κ1) is 11.5. The van der Waals surface area contributed by atoms with Crippen LogP contribution in [0.1, 0.15) is 20.8 Å². The molecular formula is C7H11Cl3O. The van der Waals surface area contributed by atoms with Gasteiger partial charge < -0.3 is 0 Å². The van der Waals surface area contributed by atoms with Crippen LogP contribution in [0.5, 0.6) is 0 Å². The number of hydrogen-bond donors (Lipinski definition) is 0. The Balaban J connectivity index is 4.49. The molecule has 0 aromatic carbocycles. The zero-order valence-corrected chi connectivity index (χ0v) is 8.96. The number of halogens is 3. The summed E-state index contributed by atoms with van der Waals surface area (Å²) in [5.74, 6) is -0.535. The van der Waals surface area contributed by atoms with Crippen LogP contribution in [0.15, 0.2) is 0 Å². The van der Waals surface area contributed by atoms with E-state index in [9.17, 15) is 4.79 Å². The molecule has 11 heavy (non-hydrogen) atoms. The first-order chi connectivity index (χ1) is 4.76. The zero-order valence-electron chi connectivity index (χ0n) is 6.70. The van der Waals surface area contributed by atoms with Gasteiger partial charge in [-0.3, -0.25) is 4.79 Å². The fraction of sp³-hybridized carbons (Fsp3) is 0.857. The Morgan fingerprint density at radius 3 is 1.64 bits per heavy atom. The van der Waals surface area contributed by atoms with Gasteiger partial charge in [-0.2, -0.15) is 0 Å². The molecule has 1 unspecified atom stereocenters. The van der Waals surface area contributed by atoms with Crippen LogP contribution < -0.4 is 0 Å². The maximum atomic E-state index is 11.0. The van der Waals surface area contributed by atoms with Crippen LogP contribution in [0.3, 0.4) is 0 Å². The lowest BCUT2D eigenvalue weighted by atomic mass is 9.94. The summed E-state index contributed by atoms with van der Waals surface area (Å²) in [4.78, 5) is 11.0. The molecule has 0 aliphatic heterocycles. The largest absolute Gasteiger partial charge is 0.300 e. The monoisotopic (exact) mass is 216 g/mol. The molecule has 0 aromatic heterocycles. The van der Waals surface area contributed by atoms with E-state index in [0.717, 1.165) is 0 Å². The van der Waals surface area contributed by atoms with Crippen molar-refractivity contribution in [3.63, 3.8) is 0 Å². The van der Waals surface area contributed by atoms with Crippen molar-refractivity contribution in [2.24, 2.45) is 11.8 Å². The average Bonchev–Trinajstić information content (AvgIpc) is 1.54. The summed E-state index contributed by atoms with van der Waals surface area (Å²) in [5.41, 5.74) is 0. The number of alkyl halides is 3. The van der Waals surface area contributed by atoms with Crippen molar-refractivity contribution in [3.8, 4) is 0 Å². The van der Waals surface area contributed by atoms with Crippen molar-refractivity contribution in [2.45, 2.75) is 24.6 Å². The van der Waals surface area contributed by atoms with Crippen molar-refractivity contribution in [1.29, 1.82) is 0 Å². The molecule has 0 rings (SSSR count). The molecule has 0 saturated heterocycles. The molecule has 0 radical (unpaired) electrons. The number of rotatable bonds is 2. The summed E-state index contributed by atoms with van der Waals surface area (Å²) >= 11 is 16.8. The highest BCUT2D eigenvalue weighted by Crippen LogP contribution is 2.39. The number of carbonyl (C=O) groups excluding carboxylic acids is 1. The predicted octanol–water partition coefficient (Wildman–Crippen LogP) is 3.22. The fourth-order valence-electron chi connectivity index (χ4n) is 1.08. The molecule has 0 amide bonds. The van der Waals surface area contributed by atoms with Gasteiger partial charge in [0.1, 0.15) is 5.78 Å². The summed E-state index contributed by atoms with van der Waals surface area (Å²) in [6.45, 7) is 5.15. The van der Waals surface area contributed by atoms with Crippen molar-refractivity contribution in [2.75, 3.05) is 0 Å². The van der Waals surface area contributed by atoms with Gasteiger partial charge in [-0.25, -0.2) is 0 Å². The summed E-state index contributed by atoms with van der Waals surface area (Å²) in [5, 5.41) is 0. The van der Waals surface area contributed by atoms with Gasteiger partial charge in [-0.15, -0.1) is 0 Å². The van der Waals surface area contributed by atoms with Crippen LogP contribution >= 0.6 is 34.8 Å². The van der Waals surface area contributed by atoms with Gasteiger partial charge in [0.05, 0.1) is 5.92 Å². The summed E-state index contributed by atoms with van der Waals surface area (Å²) in [7, 11) is 0. The number of carbonyl (C=O) groups is 1. The highest BCUT2D eigenvalue weighted by Gasteiger charge is 2.38. The SMILES string of the molecule is CC(=O)C(C(C)C)C(Cl)(Cl)Cl. The summed E-state index contributed by atoms with van der Waals surface area (Å²) in [6, 6.07) is 0. The molecule has 0 saturated carbocycles. The normalized spacial score (nSPS) is 15.2. The van der Waals surface area contributed by atoms with Gasteiger partial charge in [-0.05, 0) is 12.8 Å². The van der Waals surface area contributed by atoms with E-state index in [1.165, 1.54) is 6.92 Å². The van der Waals surface area contributed by atoms with Gasteiger partial charge in [-0.1, -0.05) is 48.7 Å². The molecule has 1 atom stereocenters. The molecule has 4 heteroatoms. The third kappa shape index (κ3) is 3.64. The standard InChI is InChI=1S/C7H11Cl3O/c1-4(2)6(5(3)11)7(8,9)10/h4,6H,1-3H3. The van der Waals surface area contributed by atoms with Crippen LogP contribution in [0, 0.1) is 11.8 Å². The van der Waals surface area contributed by atoms with Crippen molar-refractivity contribution >= 4 is 40.6 Å². The van der Waals surface area contributed by atoms with Gasteiger partial charge in [0.15, 0.2) is 3.79 Å². The third-order valence-electron chi connectivity index (χ3n) is 1.46. The Morgan fingerprint density at radius 1 is 1.27 bits per heavy atom. The lowest BCUT2D eigenvalue weighted by Gasteiger charge is -2.24. The van der Waals surface area contributed by atoms with Crippen molar-refractivity contribution in [3.05, 3.63) is 0 Å². The van der Waals surface area contributed by atoms with Crippen LogP contribution in [0.2, 0.25) is 0 Å². The van der Waals surface area contributed by atoms with Gasteiger partial charge in [0.25, 0.3) is 0 Å². The number of ketones is 1. The molecule has 0 bridgehead atoms. The molecule has 0 fully saturated rings. The Morgan fingerprint density at radius 2 is 1.64 bits per heavy atom. The van der Waals surface area contributed by atoms with Crippen LogP contribution in [-0.2, 0) is 4.79 Å². The minimum absolute atomic E-state index is 0.0556. The first-order valence-corrected chi connectivity index (χ1v) is 4.47. The lowest BCUT2D eigenvalue weighted by Crippen LogP contribution is -2.30. The minimum Gasteiger partial charge on any atom is -0.300 e. The Bertz CT molecular complexity index is 148. The molecule has 0 aliphatic rings. The predicted molar refractivity (Wildman–Crippen MR) is 49.3 cm³/mol. The average molecular weight is 218 g/mol. The molecular weight excluding hydrogens is 206 g/mol. The first-order valence-electron chi connectivity index (χ1n) is 3.34. The van der Waals surface area contributed by atoms with E-state index in [1.807, 2.05) is 13.8 Å². The van der Waals surface area contributed by atoms with E-state index in [-0.39, 0.29) is 11.7 Å². The van der Waals surface area contributed by atoms with E-state index < -0.39 is 9.71 Å². The van der Waals surface area contributed by atoms with E-state index in [0.29, 0.717) is 0 Å². The molecule has 0 aromatic rings. The van der Waals surface area contributed by atoms with Crippen molar-refractivity contribution in [1.82, 2.24) is 0 Å². The molecule has 1 nitrogen and oxygen atoms in total. The highest BCUT2D eigenvalue weighted by molar-refractivity contribution is 6.68. The second-order valence-corrected chi connectivity index (χ2v) is 5.24. The molecule has 66 valence electrons. The lowest BCUT2D eigenvalue weighted by molar-refractivity contribution is -0.121. The van der Waals surface area contributed by atoms with Gasteiger partial charge in [0, 0.05) is 0 Å². The van der Waals surface area contributed by atoms with Crippen LogP contribution in [0.25, 0.3) is 0 Å². The number of hydrogen-bond acceptors (Lipinski definition) is 1. The van der Waals surface area contributed by atoms with E-state index in [1.54, 1.807) is 0 Å². The molecule has 0 heterocycles. The molecule has 0 spiro atoms. The van der Waals surface area contributed by atoms with Crippen LogP contribution in [-0.4, -0.2) is 9.58 Å². The second kappa shape index (κ2) is 3.97. The van der Waals surface area contributed by atoms with E-state index >= 15 is 0 Å². The molecule has 0 aliphatic carbocycles. The number of Topliss-reactive ketones (excluding diaryl/α,β-unsaturated/α-hetero) is 1. The van der Waals surface area contributed by atoms with Crippen molar-refractivity contribution < 1.29 is 4.79 Å². The second-order valence-electron chi connectivity index (χ2n) is 2.87. The topological polar surface area (TPSA) is 17.1 Å². The van der Waals surface area contributed by atoms with Gasteiger partial charge >= 0.3 is 0 Å². The minimum atomic E-state index is -1.47. The molecule has 0 N–H and O–H groups in total. The van der Waals surface area contributed by atoms with Crippen LogP contribution in [0.4, 0.5) is 0 Å². The van der Waals surface area contributed by atoms with E-state index in [2.05, 4.69) is 0 Å². The Labute approximate surface area is 82.0 Å². The summed E-state index contributed by atoms with van der Waals surface area (Å²) < 4.78 is -1.47. The zero-order chi connectivity index (χ0) is 9.23. The third-order valence-corrected chi connectivity index (χ3v) is 2.16. The Kier molecular flexibility index (Phi) is 4.17. The maximum absolute atomic E-state index is 11.0. The van der Waals surface area contributed by atoms with E-state index in [4.69, 9.17) is 34.8 Å². The summed E-state index contributed by atoms with van der Waals surface area (Å²) in [6.07, 6.45) is 0. The quantitative estimate of drug-likeness (QED) is 0.649. The maximum Gasteiger partial charge on any atom is 0.200 e. The fourth-order valence-corrected chi connectivity index (χ4v) is 2.29.